The van der Waals surface area contributed by atoms with Gasteiger partial charge in [-0.1, -0.05) is 0 Å². The van der Waals surface area contributed by atoms with Gasteiger partial charge >= 0.3 is 0 Å². The summed E-state index contributed by atoms with van der Waals surface area (Å²) in [6.07, 6.45) is 8.76. The summed E-state index contributed by atoms with van der Waals surface area (Å²) in [6.45, 7) is 7.45. The molecule has 0 spiro atoms. The first-order valence-corrected chi connectivity index (χ1v) is 9.93. The van der Waals surface area contributed by atoms with Crippen LogP contribution in [0.5, 0.6) is 0 Å². The molecule has 0 aliphatic heterocycles. The van der Waals surface area contributed by atoms with Crippen LogP contribution in [0.15, 0.2) is 41.8 Å². The van der Waals surface area contributed by atoms with Crippen molar-refractivity contribution in [2.45, 2.75) is 39.7 Å². The summed E-state index contributed by atoms with van der Waals surface area (Å²) in [5.74, 6) is 1.68. The number of H-pyrrole nitrogens is 1. The summed E-state index contributed by atoms with van der Waals surface area (Å²) < 4.78 is 15.5. The van der Waals surface area contributed by atoms with Gasteiger partial charge in [-0.3, -0.25) is 4.99 Å². The quantitative estimate of drug-likeness (QED) is 0.301. The monoisotopic (exact) mass is 384 g/mol. The van der Waals surface area contributed by atoms with Crippen LogP contribution in [0.3, 0.4) is 0 Å². The number of aryl methyl sites for hydroxylation is 2. The Kier molecular flexibility index (Phi) is 7.06. The summed E-state index contributed by atoms with van der Waals surface area (Å²) in [5.41, 5.74) is 2.01. The smallest absolute Gasteiger partial charge is 0.191 e. The van der Waals surface area contributed by atoms with Crippen LogP contribution in [0, 0.1) is 12.7 Å². The van der Waals surface area contributed by atoms with E-state index in [0.717, 1.165) is 68.1 Å². The van der Waals surface area contributed by atoms with Gasteiger partial charge in [0.25, 0.3) is 0 Å². The molecule has 0 saturated carbocycles. The first-order valence-electron chi connectivity index (χ1n) is 9.93. The maximum absolute atomic E-state index is 13.3. The van der Waals surface area contributed by atoms with E-state index in [9.17, 15) is 4.39 Å². The number of aromatic amines is 1. The number of halogens is 1. The topological polar surface area (TPSA) is 70.0 Å². The van der Waals surface area contributed by atoms with E-state index in [1.165, 1.54) is 17.7 Å². The molecule has 7 heteroatoms. The molecule has 150 valence electrons. The Morgan fingerprint density at radius 3 is 2.96 bits per heavy atom. The van der Waals surface area contributed by atoms with E-state index in [0.29, 0.717) is 0 Å². The number of aliphatic imine (C=N–C) groups is 1. The average Bonchev–Trinajstić information content (AvgIpc) is 3.27. The molecule has 0 fully saturated rings. The third kappa shape index (κ3) is 5.34. The standard InChI is InChI=1S/C21H29FN6/c1-3-23-21(25-9-4-5-12-28-13-11-24-16(28)2)26-10-8-17-15-27-20-14-18(22)6-7-19(17)20/h6-7,11,13-15,27H,3-5,8-10,12H2,1-2H3,(H2,23,25,26). The molecule has 0 saturated heterocycles. The summed E-state index contributed by atoms with van der Waals surface area (Å²) in [6, 6.07) is 4.87. The fourth-order valence-electron chi connectivity index (χ4n) is 3.25. The van der Waals surface area contributed by atoms with Crippen LogP contribution in [0.2, 0.25) is 0 Å². The zero-order valence-electron chi connectivity index (χ0n) is 16.6. The van der Waals surface area contributed by atoms with Crippen LogP contribution in [0.1, 0.15) is 31.2 Å². The van der Waals surface area contributed by atoms with E-state index in [4.69, 9.17) is 0 Å². The molecule has 3 N–H and O–H groups in total. The molecule has 0 bridgehead atoms. The number of nitrogens with one attached hydrogen (secondary N) is 3. The van der Waals surface area contributed by atoms with Gasteiger partial charge in [-0.25, -0.2) is 9.37 Å². The molecular formula is C21H29FN6. The molecule has 0 unspecified atom stereocenters. The van der Waals surface area contributed by atoms with Gasteiger partial charge in [0.05, 0.1) is 0 Å². The van der Waals surface area contributed by atoms with E-state index >= 15 is 0 Å². The first kappa shape index (κ1) is 19.9. The van der Waals surface area contributed by atoms with Crippen molar-refractivity contribution in [1.29, 1.82) is 0 Å². The normalized spacial score (nSPS) is 11.9. The van der Waals surface area contributed by atoms with Crippen molar-refractivity contribution < 1.29 is 4.39 Å². The number of fused-ring (bicyclic) bond motifs is 1. The number of aromatic nitrogens is 3. The number of benzene rings is 1. The molecule has 2 aromatic heterocycles. The fraction of sp³-hybridized carbons (Fsp3) is 0.429. The van der Waals surface area contributed by atoms with Crippen LogP contribution < -0.4 is 10.6 Å². The summed E-state index contributed by atoms with van der Waals surface area (Å²) >= 11 is 0. The van der Waals surface area contributed by atoms with Gasteiger partial charge in [-0.15, -0.1) is 0 Å². The number of rotatable bonds is 9. The molecule has 28 heavy (non-hydrogen) atoms. The Morgan fingerprint density at radius 1 is 1.29 bits per heavy atom. The zero-order valence-corrected chi connectivity index (χ0v) is 16.6. The van der Waals surface area contributed by atoms with Gasteiger partial charge < -0.3 is 20.2 Å². The van der Waals surface area contributed by atoms with Crippen LogP contribution in [-0.4, -0.2) is 40.1 Å². The van der Waals surface area contributed by atoms with Crippen molar-refractivity contribution in [3.8, 4) is 0 Å². The number of hydrogen-bond donors (Lipinski definition) is 3. The van der Waals surface area contributed by atoms with Crippen LogP contribution in [0.4, 0.5) is 4.39 Å². The van der Waals surface area contributed by atoms with Crippen molar-refractivity contribution in [2.24, 2.45) is 4.99 Å². The number of imidazole rings is 1. The molecule has 0 radical (unpaired) electrons. The Morgan fingerprint density at radius 2 is 2.18 bits per heavy atom. The molecule has 1 aromatic carbocycles. The van der Waals surface area contributed by atoms with E-state index in [-0.39, 0.29) is 5.82 Å². The van der Waals surface area contributed by atoms with Gasteiger partial charge in [0.1, 0.15) is 11.6 Å². The van der Waals surface area contributed by atoms with Crippen molar-refractivity contribution in [2.75, 3.05) is 19.6 Å². The van der Waals surface area contributed by atoms with E-state index in [1.54, 1.807) is 0 Å². The highest BCUT2D eigenvalue weighted by Gasteiger charge is 2.05. The predicted molar refractivity (Wildman–Crippen MR) is 112 cm³/mol. The molecule has 0 amide bonds. The summed E-state index contributed by atoms with van der Waals surface area (Å²) in [4.78, 5) is 12.0. The van der Waals surface area contributed by atoms with Gasteiger partial charge in [-0.05, 0) is 56.9 Å². The number of hydrogen-bond acceptors (Lipinski definition) is 2. The fourth-order valence-corrected chi connectivity index (χ4v) is 3.25. The van der Waals surface area contributed by atoms with Crippen molar-refractivity contribution in [1.82, 2.24) is 25.2 Å². The molecule has 6 nitrogen and oxygen atoms in total. The van der Waals surface area contributed by atoms with Crippen molar-refractivity contribution in [3.05, 3.63) is 54.0 Å². The highest BCUT2D eigenvalue weighted by Crippen LogP contribution is 2.19. The lowest BCUT2D eigenvalue weighted by Crippen LogP contribution is -2.38. The summed E-state index contributed by atoms with van der Waals surface area (Å²) in [5, 5.41) is 7.74. The van der Waals surface area contributed by atoms with Crippen LogP contribution in [-0.2, 0) is 13.0 Å². The Balaban J connectivity index is 1.44. The lowest BCUT2D eigenvalue weighted by molar-refractivity contribution is 0.600. The van der Waals surface area contributed by atoms with Crippen LogP contribution in [0.25, 0.3) is 10.9 Å². The van der Waals surface area contributed by atoms with Gasteiger partial charge in [-0.2, -0.15) is 0 Å². The van der Waals surface area contributed by atoms with Gasteiger partial charge in [0.15, 0.2) is 5.96 Å². The highest BCUT2D eigenvalue weighted by molar-refractivity contribution is 5.83. The minimum atomic E-state index is -0.219. The third-order valence-electron chi connectivity index (χ3n) is 4.76. The second kappa shape index (κ2) is 9.92. The average molecular weight is 385 g/mol. The molecule has 2 heterocycles. The molecular weight excluding hydrogens is 355 g/mol. The summed E-state index contributed by atoms with van der Waals surface area (Å²) in [7, 11) is 0. The lowest BCUT2D eigenvalue weighted by Gasteiger charge is -2.11. The zero-order chi connectivity index (χ0) is 19.8. The number of nitrogens with zero attached hydrogens (tertiary/aromatic N) is 3. The van der Waals surface area contributed by atoms with Crippen molar-refractivity contribution in [3.63, 3.8) is 0 Å². The van der Waals surface area contributed by atoms with E-state index < -0.39 is 0 Å². The second-order valence-corrected chi connectivity index (χ2v) is 6.82. The van der Waals surface area contributed by atoms with Crippen LogP contribution >= 0.6 is 0 Å². The lowest BCUT2D eigenvalue weighted by atomic mass is 10.1. The minimum absolute atomic E-state index is 0.219. The molecule has 0 atom stereocenters. The maximum Gasteiger partial charge on any atom is 0.191 e. The molecule has 0 aliphatic rings. The predicted octanol–water partition coefficient (Wildman–Crippen LogP) is 3.39. The first-order chi connectivity index (χ1) is 13.7. The molecule has 3 aromatic rings. The highest BCUT2D eigenvalue weighted by atomic mass is 19.1. The van der Waals surface area contributed by atoms with Gasteiger partial charge in [0.2, 0.25) is 0 Å². The largest absolute Gasteiger partial charge is 0.361 e. The maximum atomic E-state index is 13.3. The second-order valence-electron chi connectivity index (χ2n) is 6.82. The Labute approximate surface area is 165 Å². The van der Waals surface area contributed by atoms with Gasteiger partial charge in [0, 0.05) is 55.7 Å². The van der Waals surface area contributed by atoms with E-state index in [1.807, 2.05) is 31.6 Å². The minimum Gasteiger partial charge on any atom is -0.361 e. The number of guanidine groups is 1. The Hall–Kier alpha value is -2.83. The molecule has 3 rings (SSSR count). The third-order valence-corrected chi connectivity index (χ3v) is 4.76. The molecule has 0 aliphatic carbocycles. The SMILES string of the molecule is CCNC(=NCCCCn1ccnc1C)NCCc1c[nH]c2cc(F)ccc12. The number of unbranched alkanes of at least 4 members (excludes halogenated alkanes) is 1. The Bertz CT molecular complexity index is 911. The van der Waals surface area contributed by atoms with Crippen molar-refractivity contribution >= 4 is 16.9 Å². The van der Waals surface area contributed by atoms with E-state index in [2.05, 4.69) is 37.1 Å².